The van der Waals surface area contributed by atoms with Crippen molar-refractivity contribution < 1.29 is 70.8 Å². The summed E-state index contributed by atoms with van der Waals surface area (Å²) in [6.45, 7) is 2.00. The van der Waals surface area contributed by atoms with Crippen LogP contribution in [0.5, 0.6) is 0 Å². The van der Waals surface area contributed by atoms with Crippen molar-refractivity contribution in [1.29, 1.82) is 0 Å². The van der Waals surface area contributed by atoms with E-state index in [2.05, 4.69) is 5.32 Å². The molecule has 1 unspecified atom stereocenters. The number of aliphatic carboxylic acids is 1. The zero-order valence-corrected chi connectivity index (χ0v) is 17.6. The van der Waals surface area contributed by atoms with Crippen molar-refractivity contribution >= 4 is 23.6 Å². The Balaban J connectivity index is 0.00000484. The van der Waals surface area contributed by atoms with Crippen LogP contribution in [0.1, 0.15) is 25.0 Å². The molecular formula is C15H20ClKN2O4. The molecule has 122 valence electrons. The smallest absolute Gasteiger partial charge is 0.548 e. The third-order valence-electron chi connectivity index (χ3n) is 3.07. The van der Waals surface area contributed by atoms with E-state index >= 15 is 0 Å². The molecule has 1 rings (SSSR count). The van der Waals surface area contributed by atoms with Crippen molar-refractivity contribution in [2.75, 3.05) is 26.7 Å². The van der Waals surface area contributed by atoms with Gasteiger partial charge in [-0.2, -0.15) is 0 Å². The molecule has 1 atom stereocenters. The molecule has 0 radical (unpaired) electrons. The van der Waals surface area contributed by atoms with Crippen LogP contribution in [0.3, 0.4) is 0 Å². The molecule has 1 aromatic carbocycles. The maximum Gasteiger partial charge on any atom is 1.00 e. The number of amides is 2. The average Bonchev–Trinajstić information content (AvgIpc) is 2.48. The molecule has 0 aliphatic rings. The predicted octanol–water partition coefficient (Wildman–Crippen LogP) is -1.80. The van der Waals surface area contributed by atoms with Crippen LogP contribution < -0.4 is 61.8 Å². The SMILES string of the molecule is CCCN(CC(=O)[O-])C(=O)NCC(OC)c1ccc(Cl)cc1.[K+]. The molecule has 0 spiro atoms. The van der Waals surface area contributed by atoms with Crippen molar-refractivity contribution in [3.05, 3.63) is 34.9 Å². The molecule has 0 heterocycles. The topological polar surface area (TPSA) is 81.7 Å². The van der Waals surface area contributed by atoms with Crippen molar-refractivity contribution in [3.63, 3.8) is 0 Å². The van der Waals surface area contributed by atoms with Crippen LogP contribution in [-0.2, 0) is 9.53 Å². The molecule has 0 saturated carbocycles. The van der Waals surface area contributed by atoms with Crippen LogP contribution in [0, 0.1) is 0 Å². The molecule has 23 heavy (non-hydrogen) atoms. The molecule has 0 aromatic heterocycles. The quantitative estimate of drug-likeness (QED) is 0.551. The third kappa shape index (κ3) is 8.48. The number of carbonyl (C=O) groups is 2. The number of methoxy groups -OCH3 is 1. The molecule has 0 aliphatic carbocycles. The van der Waals surface area contributed by atoms with Crippen molar-refractivity contribution in [2.45, 2.75) is 19.4 Å². The summed E-state index contributed by atoms with van der Waals surface area (Å²) in [5.41, 5.74) is 0.870. The molecule has 0 aliphatic heterocycles. The number of benzene rings is 1. The van der Waals surface area contributed by atoms with Crippen LogP contribution in [0.25, 0.3) is 0 Å². The first-order chi connectivity index (χ1) is 10.5. The molecule has 0 fully saturated rings. The summed E-state index contributed by atoms with van der Waals surface area (Å²) in [7, 11) is 1.54. The fourth-order valence-electron chi connectivity index (χ4n) is 1.98. The maximum absolute atomic E-state index is 12.0. The van der Waals surface area contributed by atoms with E-state index in [1.807, 2.05) is 19.1 Å². The standard InChI is InChI=1S/C15H21ClN2O4.K/c1-3-8-18(10-14(19)20)15(21)17-9-13(22-2)11-4-6-12(16)7-5-11;/h4-7,13H,3,8-10H2,1-2H3,(H,17,21)(H,19,20);/q;+1/p-1. The molecule has 8 heteroatoms. The fourth-order valence-corrected chi connectivity index (χ4v) is 2.11. The molecule has 2 amide bonds. The third-order valence-corrected chi connectivity index (χ3v) is 3.32. The van der Waals surface area contributed by atoms with Gasteiger partial charge in [-0.15, -0.1) is 0 Å². The first kappa shape index (κ1) is 22.8. The minimum Gasteiger partial charge on any atom is -0.548 e. The van der Waals surface area contributed by atoms with Gasteiger partial charge in [-0.3, -0.25) is 0 Å². The number of urea groups is 1. The molecule has 1 N–H and O–H groups in total. The summed E-state index contributed by atoms with van der Waals surface area (Å²) in [6, 6.07) is 6.65. The van der Waals surface area contributed by atoms with Crippen molar-refractivity contribution in [2.24, 2.45) is 0 Å². The maximum atomic E-state index is 12.0. The Hall–Kier alpha value is -0.154. The van der Waals surface area contributed by atoms with Crippen LogP contribution in [-0.4, -0.2) is 43.6 Å². The van der Waals surface area contributed by atoms with Gasteiger partial charge in [-0.25, -0.2) is 4.79 Å². The van der Waals surface area contributed by atoms with Gasteiger partial charge in [0.15, 0.2) is 0 Å². The number of hydrogen-bond donors (Lipinski definition) is 1. The van der Waals surface area contributed by atoms with E-state index in [1.165, 1.54) is 12.0 Å². The zero-order valence-electron chi connectivity index (χ0n) is 13.7. The van der Waals surface area contributed by atoms with Gasteiger partial charge >= 0.3 is 57.4 Å². The Labute approximate surface area is 183 Å². The Kier molecular flexibility index (Phi) is 12.2. The number of nitrogens with one attached hydrogen (secondary N) is 1. The molecule has 0 bridgehead atoms. The number of rotatable bonds is 8. The van der Waals surface area contributed by atoms with Crippen molar-refractivity contribution in [1.82, 2.24) is 10.2 Å². The Morgan fingerprint density at radius 1 is 1.35 bits per heavy atom. The normalized spacial score (nSPS) is 11.3. The van der Waals surface area contributed by atoms with E-state index in [0.29, 0.717) is 18.0 Å². The van der Waals surface area contributed by atoms with Crippen molar-refractivity contribution in [3.8, 4) is 0 Å². The Bertz CT molecular complexity index is 499. The van der Waals surface area contributed by atoms with Gasteiger partial charge in [-0.05, 0) is 24.1 Å². The number of carboxylic acids is 1. The fraction of sp³-hybridized carbons (Fsp3) is 0.467. The van der Waals surface area contributed by atoms with Gasteiger partial charge in [0, 0.05) is 25.2 Å². The van der Waals surface area contributed by atoms with E-state index in [1.54, 1.807) is 12.1 Å². The van der Waals surface area contributed by atoms with E-state index in [4.69, 9.17) is 16.3 Å². The summed E-state index contributed by atoms with van der Waals surface area (Å²) in [5, 5.41) is 14.0. The molecule has 1 aromatic rings. The van der Waals surface area contributed by atoms with Crippen LogP contribution in [0.2, 0.25) is 5.02 Å². The second kappa shape index (κ2) is 12.2. The second-order valence-corrected chi connectivity index (χ2v) is 5.19. The van der Waals surface area contributed by atoms with Gasteiger partial charge in [0.25, 0.3) is 0 Å². The van der Waals surface area contributed by atoms with E-state index in [0.717, 1.165) is 5.56 Å². The first-order valence-corrected chi connectivity index (χ1v) is 7.36. The minimum atomic E-state index is -1.29. The summed E-state index contributed by atoms with van der Waals surface area (Å²) in [6.07, 6.45) is 0.318. The summed E-state index contributed by atoms with van der Waals surface area (Å²) in [5.74, 6) is -1.29. The van der Waals surface area contributed by atoms with Gasteiger partial charge in [0.1, 0.15) is 0 Å². The van der Waals surface area contributed by atoms with E-state index < -0.39 is 18.5 Å². The molecule has 0 saturated heterocycles. The zero-order chi connectivity index (χ0) is 16.5. The first-order valence-electron chi connectivity index (χ1n) is 6.98. The van der Waals surface area contributed by atoms with E-state index in [9.17, 15) is 14.7 Å². The van der Waals surface area contributed by atoms with Gasteiger partial charge < -0.3 is 24.9 Å². The van der Waals surface area contributed by atoms with Gasteiger partial charge in [-0.1, -0.05) is 30.7 Å². The minimum absolute atomic E-state index is 0. The average molecular weight is 367 g/mol. The summed E-state index contributed by atoms with van der Waals surface area (Å²) < 4.78 is 5.34. The number of halogens is 1. The molecular weight excluding hydrogens is 347 g/mol. The predicted molar refractivity (Wildman–Crippen MR) is 81.5 cm³/mol. The van der Waals surface area contributed by atoms with Crippen LogP contribution in [0.15, 0.2) is 24.3 Å². The van der Waals surface area contributed by atoms with Crippen LogP contribution in [0.4, 0.5) is 4.79 Å². The van der Waals surface area contributed by atoms with Crippen LogP contribution >= 0.6 is 11.6 Å². The number of carbonyl (C=O) groups excluding carboxylic acids is 2. The Morgan fingerprint density at radius 2 is 1.96 bits per heavy atom. The number of hydrogen-bond acceptors (Lipinski definition) is 4. The summed E-state index contributed by atoms with van der Waals surface area (Å²) >= 11 is 5.83. The van der Waals surface area contributed by atoms with E-state index in [-0.39, 0.29) is 64.0 Å². The summed E-state index contributed by atoms with van der Waals surface area (Å²) in [4.78, 5) is 23.9. The van der Waals surface area contributed by atoms with Gasteiger partial charge in [0.2, 0.25) is 0 Å². The second-order valence-electron chi connectivity index (χ2n) is 4.76. The van der Waals surface area contributed by atoms with Gasteiger partial charge in [0.05, 0.1) is 18.6 Å². The number of ether oxygens (including phenoxy) is 1. The number of nitrogens with zero attached hydrogens (tertiary/aromatic N) is 1. The monoisotopic (exact) mass is 366 g/mol. The number of carboxylic acid groups (broad SMARTS) is 1. The molecule has 6 nitrogen and oxygen atoms in total. The Morgan fingerprint density at radius 3 is 2.43 bits per heavy atom. The largest absolute Gasteiger partial charge is 1.00 e.